The molecule has 0 radical (unpaired) electrons. The van der Waals surface area contributed by atoms with E-state index in [0.29, 0.717) is 12.1 Å². The third-order valence-electron chi connectivity index (χ3n) is 5.98. The summed E-state index contributed by atoms with van der Waals surface area (Å²) in [5.74, 6) is -0.0593. The zero-order valence-corrected chi connectivity index (χ0v) is 21.9. The van der Waals surface area contributed by atoms with Gasteiger partial charge in [-0.1, -0.05) is 73.1 Å². The van der Waals surface area contributed by atoms with Crippen molar-refractivity contribution in [2.75, 3.05) is 12.4 Å². The summed E-state index contributed by atoms with van der Waals surface area (Å²) in [6.45, 7) is 6.33. The number of methoxy groups -OCH3 is 1. The van der Waals surface area contributed by atoms with Crippen LogP contribution in [0.3, 0.4) is 0 Å². The second-order valence-corrected chi connectivity index (χ2v) is 8.91. The number of nitrogens with one attached hydrogen (secondary N) is 1. The minimum Gasteiger partial charge on any atom is -0.496 e. The van der Waals surface area contributed by atoms with E-state index in [-0.39, 0.29) is 0 Å². The van der Waals surface area contributed by atoms with Crippen molar-refractivity contribution in [2.24, 2.45) is 0 Å². The van der Waals surface area contributed by atoms with E-state index >= 15 is 0 Å². The highest BCUT2D eigenvalue weighted by Crippen LogP contribution is 2.30. The zero-order valence-electron chi connectivity index (χ0n) is 21.1. The Morgan fingerprint density at radius 1 is 1.00 bits per heavy atom. The second-order valence-electron chi connectivity index (χ2n) is 8.48. The Kier molecular flexibility index (Phi) is 9.54. The van der Waals surface area contributed by atoms with Crippen LogP contribution >= 0.6 is 11.6 Å². The van der Waals surface area contributed by atoms with Gasteiger partial charge in [-0.2, -0.15) is 0 Å². The van der Waals surface area contributed by atoms with Crippen LogP contribution in [0.15, 0.2) is 84.4 Å². The van der Waals surface area contributed by atoms with Crippen LogP contribution in [0.5, 0.6) is 5.75 Å². The monoisotopic (exact) mass is 501 g/mol. The maximum atomic E-state index is 11.2. The van der Waals surface area contributed by atoms with Crippen molar-refractivity contribution in [3.05, 3.63) is 112 Å². The Labute approximate surface area is 218 Å². The smallest absolute Gasteiger partial charge is 0.331 e. The fraction of sp³-hybridized carbons (Fsp3) is 0.194. The number of halogens is 1. The van der Waals surface area contributed by atoms with Gasteiger partial charge in [-0.3, -0.25) is 0 Å². The lowest BCUT2D eigenvalue weighted by Gasteiger charge is -2.15. The topological polar surface area (TPSA) is 58.6 Å². The summed E-state index contributed by atoms with van der Waals surface area (Å²) in [5.41, 5.74) is 5.59. The second kappa shape index (κ2) is 12.8. The molecule has 4 aromatic rings. The van der Waals surface area contributed by atoms with Crippen LogP contribution in [-0.4, -0.2) is 18.2 Å². The molecule has 0 heterocycles. The van der Waals surface area contributed by atoms with Crippen LogP contribution in [-0.2, 0) is 17.8 Å². The van der Waals surface area contributed by atoms with Crippen LogP contribution in [0.1, 0.15) is 36.1 Å². The van der Waals surface area contributed by atoms with Crippen LogP contribution in [0, 0.1) is 6.92 Å². The summed E-state index contributed by atoms with van der Waals surface area (Å²) in [6.07, 6.45) is 2.77. The number of anilines is 1. The van der Waals surface area contributed by atoms with Crippen LogP contribution in [0.2, 0.25) is 5.02 Å². The third-order valence-corrected chi connectivity index (χ3v) is 6.22. The summed E-state index contributed by atoms with van der Waals surface area (Å²) in [4.78, 5) is 11.2. The van der Waals surface area contributed by atoms with Gasteiger partial charge in [0.15, 0.2) is 0 Å². The lowest BCUT2D eigenvalue weighted by atomic mass is 10.0. The third kappa shape index (κ3) is 6.89. The molecular weight excluding hydrogens is 470 g/mol. The molecule has 5 heteroatoms. The van der Waals surface area contributed by atoms with Gasteiger partial charge in [-0.15, -0.1) is 0 Å². The molecule has 0 spiro atoms. The highest BCUT2D eigenvalue weighted by molar-refractivity contribution is 6.30. The number of rotatable bonds is 7. The summed E-state index contributed by atoms with van der Waals surface area (Å²) in [7, 11) is 1.68. The van der Waals surface area contributed by atoms with E-state index in [2.05, 4.69) is 36.5 Å². The number of benzene rings is 4. The fourth-order valence-corrected chi connectivity index (χ4v) is 4.13. The molecule has 0 saturated carbocycles. The van der Waals surface area contributed by atoms with E-state index in [0.717, 1.165) is 50.3 Å². The van der Waals surface area contributed by atoms with Crippen molar-refractivity contribution in [3.63, 3.8) is 0 Å². The molecule has 2 N–H and O–H groups in total. The van der Waals surface area contributed by atoms with E-state index in [9.17, 15) is 9.90 Å². The number of ether oxygens (including phenoxy) is 1. The van der Waals surface area contributed by atoms with Crippen molar-refractivity contribution >= 4 is 40.1 Å². The Morgan fingerprint density at radius 2 is 1.72 bits per heavy atom. The van der Waals surface area contributed by atoms with Gasteiger partial charge in [0.05, 0.1) is 7.11 Å². The van der Waals surface area contributed by atoms with Crippen molar-refractivity contribution in [3.8, 4) is 5.75 Å². The lowest BCUT2D eigenvalue weighted by Crippen LogP contribution is -2.04. The Morgan fingerprint density at radius 3 is 2.36 bits per heavy atom. The van der Waals surface area contributed by atoms with Gasteiger partial charge < -0.3 is 15.2 Å². The van der Waals surface area contributed by atoms with E-state index in [1.54, 1.807) is 20.1 Å². The Bertz CT molecular complexity index is 1380. The fourth-order valence-electron chi connectivity index (χ4n) is 3.92. The number of hydrogen-bond acceptors (Lipinski definition) is 3. The molecule has 4 aromatic carbocycles. The molecule has 4 nitrogen and oxygen atoms in total. The normalized spacial score (nSPS) is 11.0. The number of carboxylic acids is 1. The maximum Gasteiger partial charge on any atom is 0.331 e. The molecule has 4 rings (SSSR count). The van der Waals surface area contributed by atoms with E-state index in [4.69, 9.17) is 16.3 Å². The number of carboxylic acid groups (broad SMARTS) is 1. The predicted molar refractivity (Wildman–Crippen MR) is 151 cm³/mol. The highest BCUT2D eigenvalue weighted by atomic mass is 35.5. The Hall–Kier alpha value is -3.76. The average Bonchev–Trinajstić information content (AvgIpc) is 2.89. The van der Waals surface area contributed by atoms with Gasteiger partial charge in [-0.05, 0) is 72.7 Å². The van der Waals surface area contributed by atoms with Crippen molar-refractivity contribution in [1.82, 2.24) is 0 Å². The highest BCUT2D eigenvalue weighted by Gasteiger charge is 2.09. The molecule has 0 aromatic heterocycles. The summed E-state index contributed by atoms with van der Waals surface area (Å²) < 4.78 is 5.46. The summed E-state index contributed by atoms with van der Waals surface area (Å²) >= 11 is 5.72. The van der Waals surface area contributed by atoms with E-state index in [1.165, 1.54) is 5.56 Å². The molecule has 0 amide bonds. The molecule has 186 valence electrons. The molecule has 0 aliphatic rings. The number of hydrogen-bond donors (Lipinski definition) is 2. The molecule has 0 atom stereocenters. The number of aryl methyl sites for hydroxylation is 2. The molecular formula is C31H32ClNO3. The van der Waals surface area contributed by atoms with Crippen LogP contribution in [0.25, 0.3) is 16.8 Å². The number of fused-ring (bicyclic) bond motifs is 1. The lowest BCUT2D eigenvalue weighted by molar-refractivity contribution is -0.132. The molecule has 0 fully saturated rings. The minimum absolute atomic E-state index is 0.308. The number of aliphatic carboxylic acids is 1. The molecule has 0 aliphatic carbocycles. The molecule has 0 saturated heterocycles. The standard InChI is InChI=1S/C23H23NO3.C8H9Cl/c1-15-7-6-10-21(20(15)13-16(2)23(25)26)24-14-17-11-12-22(27-3)19-9-5-4-8-18(17)19;1-2-7-4-3-5-8(9)6-7/h4-13,24H,14H2,1-3H3,(H,25,26);3-6H,2H2,1H3/b16-13+;. The molecule has 36 heavy (non-hydrogen) atoms. The summed E-state index contributed by atoms with van der Waals surface area (Å²) in [6, 6.07) is 26.0. The predicted octanol–water partition coefficient (Wildman–Crippen LogP) is 8.16. The van der Waals surface area contributed by atoms with Gasteiger partial charge in [0.2, 0.25) is 0 Å². The van der Waals surface area contributed by atoms with Gasteiger partial charge in [-0.25, -0.2) is 4.79 Å². The average molecular weight is 502 g/mol. The van der Waals surface area contributed by atoms with Gasteiger partial charge >= 0.3 is 5.97 Å². The van der Waals surface area contributed by atoms with E-state index < -0.39 is 5.97 Å². The van der Waals surface area contributed by atoms with Gasteiger partial charge in [0, 0.05) is 33.8 Å². The number of carbonyl (C=O) groups is 1. The Balaban J connectivity index is 0.000000338. The van der Waals surface area contributed by atoms with Crippen LogP contribution in [0.4, 0.5) is 5.69 Å². The van der Waals surface area contributed by atoms with Crippen molar-refractivity contribution in [1.29, 1.82) is 0 Å². The SMILES string of the molecule is CCc1cccc(Cl)c1.COc1ccc(CNc2cccc(C)c2/C=C(\C)C(=O)O)c2ccccc12. The van der Waals surface area contributed by atoms with Crippen LogP contribution < -0.4 is 10.1 Å². The first-order valence-corrected chi connectivity index (χ1v) is 12.3. The first-order chi connectivity index (χ1) is 17.3. The minimum atomic E-state index is -0.912. The molecule has 0 bridgehead atoms. The molecule has 0 aliphatic heterocycles. The largest absolute Gasteiger partial charge is 0.496 e. The maximum absolute atomic E-state index is 11.2. The molecule has 0 unspecified atom stereocenters. The van der Waals surface area contributed by atoms with Crippen molar-refractivity contribution < 1.29 is 14.6 Å². The summed E-state index contributed by atoms with van der Waals surface area (Å²) in [5, 5.41) is 15.7. The van der Waals surface area contributed by atoms with E-state index in [1.807, 2.05) is 61.5 Å². The first-order valence-electron chi connectivity index (χ1n) is 11.9. The van der Waals surface area contributed by atoms with Gasteiger partial charge in [0.1, 0.15) is 5.75 Å². The quantitative estimate of drug-likeness (QED) is 0.251. The van der Waals surface area contributed by atoms with Crippen molar-refractivity contribution in [2.45, 2.75) is 33.7 Å². The zero-order chi connectivity index (χ0) is 26.1. The first kappa shape index (κ1) is 26.8. The van der Waals surface area contributed by atoms with Gasteiger partial charge in [0.25, 0.3) is 0 Å².